The maximum atomic E-state index is 13.2. The van der Waals surface area contributed by atoms with Crippen LogP contribution >= 0.6 is 11.3 Å². The highest BCUT2D eigenvalue weighted by Gasteiger charge is 2.35. The van der Waals surface area contributed by atoms with Crippen molar-refractivity contribution in [2.45, 2.75) is 11.1 Å². The van der Waals surface area contributed by atoms with Crippen LogP contribution in [0, 0.1) is 5.82 Å². The molecule has 0 atom stereocenters. The van der Waals surface area contributed by atoms with Crippen LogP contribution in [0.25, 0.3) is 16.3 Å². The lowest BCUT2D eigenvalue weighted by Gasteiger charge is -2.10. The van der Waals surface area contributed by atoms with E-state index in [0.717, 1.165) is 35.0 Å². The number of nitrogens with one attached hydrogen (secondary N) is 1. The number of hydrogen-bond donors (Lipinski definition) is 1. The van der Waals surface area contributed by atoms with Gasteiger partial charge in [-0.25, -0.2) is 17.5 Å². The number of nitrogens with zero attached hydrogens (tertiary/aromatic N) is 2. The third kappa shape index (κ3) is 4.47. The Balaban J connectivity index is 1.66. The van der Waals surface area contributed by atoms with Gasteiger partial charge in [0.2, 0.25) is 0 Å². The van der Waals surface area contributed by atoms with Gasteiger partial charge in [-0.05, 0) is 66.0 Å². The van der Waals surface area contributed by atoms with E-state index in [1.165, 1.54) is 35.6 Å². The molecule has 160 valence electrons. The van der Waals surface area contributed by atoms with Crippen LogP contribution in [-0.2, 0) is 16.2 Å². The largest absolute Gasteiger partial charge is 0.435 e. The van der Waals surface area contributed by atoms with E-state index in [-0.39, 0.29) is 16.3 Å². The summed E-state index contributed by atoms with van der Waals surface area (Å²) in [6.45, 7) is 0. The molecule has 2 heterocycles. The summed E-state index contributed by atoms with van der Waals surface area (Å²) in [5, 5.41) is 5.44. The van der Waals surface area contributed by atoms with Crippen LogP contribution in [0.1, 0.15) is 5.69 Å². The van der Waals surface area contributed by atoms with Crippen molar-refractivity contribution in [3.05, 3.63) is 83.6 Å². The average Bonchev–Trinajstić information content (AvgIpc) is 3.38. The molecule has 31 heavy (non-hydrogen) atoms. The van der Waals surface area contributed by atoms with E-state index in [4.69, 9.17) is 0 Å². The zero-order valence-electron chi connectivity index (χ0n) is 15.5. The lowest BCUT2D eigenvalue weighted by molar-refractivity contribution is -0.141. The molecule has 0 aliphatic carbocycles. The summed E-state index contributed by atoms with van der Waals surface area (Å²) in [6, 6.07) is 14.4. The van der Waals surface area contributed by atoms with Crippen molar-refractivity contribution in [2.24, 2.45) is 0 Å². The zero-order valence-corrected chi connectivity index (χ0v) is 17.1. The fourth-order valence-electron chi connectivity index (χ4n) is 2.81. The maximum absolute atomic E-state index is 13.2. The molecule has 0 aliphatic rings. The molecule has 2 aromatic carbocycles. The van der Waals surface area contributed by atoms with Crippen molar-refractivity contribution in [3.8, 4) is 16.3 Å². The predicted octanol–water partition coefficient (Wildman–Crippen LogP) is 5.56. The second kappa shape index (κ2) is 7.82. The molecule has 0 saturated carbocycles. The summed E-state index contributed by atoms with van der Waals surface area (Å²) in [6.07, 6.45) is -4.61. The van der Waals surface area contributed by atoms with Gasteiger partial charge in [-0.15, -0.1) is 11.3 Å². The van der Waals surface area contributed by atoms with E-state index in [9.17, 15) is 26.0 Å². The van der Waals surface area contributed by atoms with E-state index < -0.39 is 27.7 Å². The number of aromatic nitrogens is 2. The van der Waals surface area contributed by atoms with Crippen molar-refractivity contribution in [3.63, 3.8) is 0 Å². The van der Waals surface area contributed by atoms with Gasteiger partial charge in [-0.2, -0.15) is 18.3 Å². The SMILES string of the molecule is O=S(=O)(Nc1ccc(-n2nc(C(F)(F)F)cc2-c2cccs2)cc1)c1ccc(F)cc1. The maximum Gasteiger partial charge on any atom is 0.435 e. The topological polar surface area (TPSA) is 64.0 Å². The number of thiophene rings is 1. The fourth-order valence-corrected chi connectivity index (χ4v) is 4.60. The van der Waals surface area contributed by atoms with Gasteiger partial charge in [0, 0.05) is 5.69 Å². The first-order valence-electron chi connectivity index (χ1n) is 8.73. The highest BCUT2D eigenvalue weighted by Crippen LogP contribution is 2.35. The molecule has 1 N–H and O–H groups in total. The van der Waals surface area contributed by atoms with E-state index in [1.54, 1.807) is 17.5 Å². The van der Waals surface area contributed by atoms with Gasteiger partial charge < -0.3 is 0 Å². The number of rotatable bonds is 5. The Kier molecular flexibility index (Phi) is 5.31. The van der Waals surface area contributed by atoms with Gasteiger partial charge in [0.1, 0.15) is 5.82 Å². The predicted molar refractivity (Wildman–Crippen MR) is 109 cm³/mol. The fraction of sp³-hybridized carbons (Fsp3) is 0.0500. The van der Waals surface area contributed by atoms with Gasteiger partial charge in [0.05, 0.1) is 21.2 Å². The van der Waals surface area contributed by atoms with Crippen LogP contribution < -0.4 is 4.72 Å². The molecular weight excluding hydrogens is 454 g/mol. The number of sulfonamides is 1. The average molecular weight is 467 g/mol. The highest BCUT2D eigenvalue weighted by molar-refractivity contribution is 7.92. The molecule has 0 spiro atoms. The van der Waals surface area contributed by atoms with Gasteiger partial charge in [-0.3, -0.25) is 4.72 Å². The Labute approximate surface area is 178 Å². The van der Waals surface area contributed by atoms with Crippen LogP contribution in [0.15, 0.2) is 77.0 Å². The number of halogens is 4. The molecule has 0 unspecified atom stereocenters. The molecule has 2 aromatic heterocycles. The molecule has 0 aliphatic heterocycles. The van der Waals surface area contributed by atoms with Gasteiger partial charge in [0.15, 0.2) is 5.69 Å². The number of benzene rings is 2. The van der Waals surface area contributed by atoms with Gasteiger partial charge in [0.25, 0.3) is 10.0 Å². The summed E-state index contributed by atoms with van der Waals surface area (Å²) >= 11 is 1.27. The minimum atomic E-state index is -4.61. The van der Waals surface area contributed by atoms with Crippen molar-refractivity contribution in [2.75, 3.05) is 4.72 Å². The normalized spacial score (nSPS) is 12.1. The first-order valence-corrected chi connectivity index (χ1v) is 11.1. The molecule has 5 nitrogen and oxygen atoms in total. The van der Waals surface area contributed by atoms with Crippen LogP contribution in [0.4, 0.5) is 23.2 Å². The van der Waals surface area contributed by atoms with Crippen molar-refractivity contribution in [1.82, 2.24) is 9.78 Å². The summed E-state index contributed by atoms with van der Waals surface area (Å²) in [5.74, 6) is -0.567. The third-order valence-corrected chi connectivity index (χ3v) is 6.55. The Morgan fingerprint density at radius 2 is 1.65 bits per heavy atom. The molecule has 4 aromatic rings. The zero-order chi connectivity index (χ0) is 22.2. The Hall–Kier alpha value is -3.18. The molecule has 0 bridgehead atoms. The smallest absolute Gasteiger partial charge is 0.280 e. The second-order valence-corrected chi connectivity index (χ2v) is 9.04. The van der Waals surface area contributed by atoms with Crippen molar-refractivity contribution in [1.29, 1.82) is 0 Å². The van der Waals surface area contributed by atoms with E-state index in [2.05, 4.69) is 9.82 Å². The highest BCUT2D eigenvalue weighted by atomic mass is 32.2. The third-order valence-electron chi connectivity index (χ3n) is 4.26. The minimum Gasteiger partial charge on any atom is -0.280 e. The minimum absolute atomic E-state index is 0.125. The van der Waals surface area contributed by atoms with Crippen LogP contribution in [0.3, 0.4) is 0 Å². The monoisotopic (exact) mass is 467 g/mol. The summed E-state index contributed by atoms with van der Waals surface area (Å²) in [5.41, 5.74) is -0.253. The lowest BCUT2D eigenvalue weighted by atomic mass is 10.2. The molecule has 0 saturated heterocycles. The Morgan fingerprint density at radius 1 is 0.968 bits per heavy atom. The summed E-state index contributed by atoms with van der Waals surface area (Å²) < 4.78 is 81.0. The summed E-state index contributed by atoms with van der Waals surface area (Å²) in [7, 11) is -3.95. The lowest BCUT2D eigenvalue weighted by Crippen LogP contribution is -2.13. The van der Waals surface area contributed by atoms with Crippen molar-refractivity contribution >= 4 is 27.0 Å². The molecule has 0 radical (unpaired) electrons. The molecular formula is C20H13F4N3O2S2. The molecule has 4 rings (SSSR count). The quantitative estimate of drug-likeness (QED) is 0.391. The van der Waals surface area contributed by atoms with Crippen LogP contribution in [0.2, 0.25) is 0 Å². The number of alkyl halides is 3. The first kappa shape index (κ1) is 21.1. The van der Waals surface area contributed by atoms with E-state index in [1.807, 2.05) is 0 Å². The van der Waals surface area contributed by atoms with E-state index in [0.29, 0.717) is 10.6 Å². The van der Waals surface area contributed by atoms with Crippen molar-refractivity contribution < 1.29 is 26.0 Å². The van der Waals surface area contributed by atoms with Crippen LogP contribution in [0.5, 0.6) is 0 Å². The second-order valence-electron chi connectivity index (χ2n) is 6.41. The van der Waals surface area contributed by atoms with E-state index >= 15 is 0 Å². The van der Waals surface area contributed by atoms with Crippen LogP contribution in [-0.4, -0.2) is 18.2 Å². The molecule has 0 fully saturated rings. The Morgan fingerprint density at radius 3 is 2.23 bits per heavy atom. The summed E-state index contributed by atoms with van der Waals surface area (Å²) in [4.78, 5) is 0.476. The number of anilines is 1. The number of hydrogen-bond acceptors (Lipinski definition) is 4. The first-order chi connectivity index (χ1) is 14.6. The Bertz CT molecular complexity index is 1300. The van der Waals surface area contributed by atoms with Gasteiger partial charge in [-0.1, -0.05) is 6.07 Å². The standard InChI is InChI=1S/C20H13F4N3O2S2/c21-13-3-9-16(10-4-13)31(28,29)26-14-5-7-15(8-6-14)27-17(18-2-1-11-30-18)12-19(25-27)20(22,23)24/h1-12,26H. The molecule has 0 amide bonds. The van der Waals surface area contributed by atoms with Gasteiger partial charge >= 0.3 is 6.18 Å². The molecule has 11 heteroatoms.